The van der Waals surface area contributed by atoms with Gasteiger partial charge in [0.1, 0.15) is 0 Å². The number of nitrogens with one attached hydrogen (secondary N) is 1. The summed E-state index contributed by atoms with van der Waals surface area (Å²) < 4.78 is 0. The molecule has 0 heterocycles. The summed E-state index contributed by atoms with van der Waals surface area (Å²) in [4.78, 5) is 21.1. The molecule has 0 aliphatic rings. The van der Waals surface area contributed by atoms with Crippen LogP contribution in [0.1, 0.15) is 19.3 Å². The molecule has 0 aliphatic heterocycles. The Bertz CT molecular complexity index is 169. The van der Waals surface area contributed by atoms with Crippen LogP contribution in [-0.4, -0.2) is 34.3 Å². The Morgan fingerprint density at radius 1 is 1.42 bits per heavy atom. The Labute approximate surface area is 69.7 Å². The quantitative estimate of drug-likeness (QED) is 0.398. The van der Waals surface area contributed by atoms with Crippen molar-refractivity contribution in [3.8, 4) is 0 Å². The molecular formula is C6H12N2O4. The molecule has 0 bridgehead atoms. The first-order valence-electron chi connectivity index (χ1n) is 3.46. The lowest BCUT2D eigenvalue weighted by atomic mass is 10.2. The molecule has 0 spiro atoms. The molecule has 3 N–H and O–H groups in total. The molecule has 0 aromatic carbocycles. The van der Waals surface area contributed by atoms with Gasteiger partial charge in [0.25, 0.3) is 0 Å². The van der Waals surface area contributed by atoms with E-state index < -0.39 is 11.8 Å². The predicted octanol–water partition coefficient (Wildman–Crippen LogP) is -0.490. The molecule has 0 aromatic rings. The zero-order valence-corrected chi connectivity index (χ0v) is 6.78. The molecule has 0 aromatic heterocycles. The van der Waals surface area contributed by atoms with Crippen LogP contribution in [0.25, 0.3) is 0 Å². The number of hydrogen-bond donors (Lipinski definition) is 3. The van der Waals surface area contributed by atoms with Gasteiger partial charge in [0, 0.05) is 19.9 Å². The number of hydrogen-bond acceptors (Lipinski definition) is 4. The van der Waals surface area contributed by atoms with Crippen LogP contribution in [-0.2, 0) is 9.59 Å². The first kappa shape index (κ1) is 10.9. The van der Waals surface area contributed by atoms with Crippen molar-refractivity contribution in [1.82, 2.24) is 10.5 Å². The maximum Gasteiger partial charge on any atom is 0.245 e. The summed E-state index contributed by atoms with van der Waals surface area (Å²) in [6.07, 6.45) is 0.451. The number of carbonyl (C=O) groups is 2. The van der Waals surface area contributed by atoms with Gasteiger partial charge in [-0.05, 0) is 6.42 Å². The highest BCUT2D eigenvalue weighted by molar-refractivity contribution is 5.77. The highest BCUT2D eigenvalue weighted by Crippen LogP contribution is 1.97. The highest BCUT2D eigenvalue weighted by atomic mass is 16.5. The van der Waals surface area contributed by atoms with E-state index in [1.165, 1.54) is 12.5 Å². The van der Waals surface area contributed by atoms with Crippen molar-refractivity contribution in [2.75, 3.05) is 7.05 Å². The molecule has 70 valence electrons. The van der Waals surface area contributed by atoms with Crippen molar-refractivity contribution in [3.05, 3.63) is 0 Å². The van der Waals surface area contributed by atoms with Gasteiger partial charge >= 0.3 is 0 Å². The predicted molar refractivity (Wildman–Crippen MR) is 38.3 cm³/mol. The first-order chi connectivity index (χ1) is 5.57. The number of carbonyl (C=O) groups excluding carboxylic acids is 2. The van der Waals surface area contributed by atoms with Gasteiger partial charge in [0.05, 0.1) is 0 Å². The van der Waals surface area contributed by atoms with Gasteiger partial charge in [0.2, 0.25) is 11.8 Å². The van der Waals surface area contributed by atoms with Gasteiger partial charge in [-0.3, -0.25) is 20.0 Å². The summed E-state index contributed by atoms with van der Waals surface area (Å²) in [6.45, 7) is 0. The first-order valence-corrected chi connectivity index (χ1v) is 3.46. The Morgan fingerprint density at radius 2 is 2.00 bits per heavy atom. The van der Waals surface area contributed by atoms with E-state index in [2.05, 4.69) is 0 Å². The fraction of sp³-hybridized carbons (Fsp3) is 0.667. The molecule has 0 radical (unpaired) electrons. The van der Waals surface area contributed by atoms with Gasteiger partial charge in [0.15, 0.2) is 0 Å². The minimum atomic E-state index is -0.539. The molecule has 0 unspecified atom stereocenters. The van der Waals surface area contributed by atoms with Crippen molar-refractivity contribution in [2.45, 2.75) is 19.3 Å². The molecule has 0 saturated heterocycles. The molecule has 6 heteroatoms. The van der Waals surface area contributed by atoms with Crippen molar-refractivity contribution in [3.63, 3.8) is 0 Å². The second kappa shape index (κ2) is 5.50. The highest BCUT2D eigenvalue weighted by Gasteiger charge is 2.06. The average Bonchev–Trinajstić information content (AvgIpc) is 2.03. The van der Waals surface area contributed by atoms with E-state index in [4.69, 9.17) is 10.4 Å². The molecule has 0 fully saturated rings. The molecule has 0 atom stereocenters. The summed E-state index contributed by atoms with van der Waals surface area (Å²) in [5.74, 6) is -0.996. The molecule has 0 rings (SSSR count). The SMILES string of the molecule is CN(O)C(=O)CCCC(=O)NO. The fourth-order valence-corrected chi connectivity index (χ4v) is 0.618. The van der Waals surface area contributed by atoms with E-state index >= 15 is 0 Å². The third-order valence-electron chi connectivity index (χ3n) is 1.28. The molecule has 0 aliphatic carbocycles. The van der Waals surface area contributed by atoms with Crippen LogP contribution in [0.4, 0.5) is 0 Å². The second-order valence-electron chi connectivity index (χ2n) is 2.31. The Hall–Kier alpha value is -1.14. The minimum Gasteiger partial charge on any atom is -0.289 e. The maximum absolute atomic E-state index is 10.7. The van der Waals surface area contributed by atoms with E-state index in [0.717, 1.165) is 0 Å². The normalized spacial score (nSPS) is 9.25. The van der Waals surface area contributed by atoms with Crippen LogP contribution < -0.4 is 5.48 Å². The van der Waals surface area contributed by atoms with Crippen molar-refractivity contribution in [1.29, 1.82) is 0 Å². The lowest BCUT2D eigenvalue weighted by Gasteiger charge is -2.06. The molecule has 0 saturated carbocycles. The van der Waals surface area contributed by atoms with Crippen LogP contribution in [0, 0.1) is 0 Å². The van der Waals surface area contributed by atoms with E-state index in [9.17, 15) is 9.59 Å². The van der Waals surface area contributed by atoms with E-state index in [0.29, 0.717) is 11.5 Å². The monoisotopic (exact) mass is 176 g/mol. The second-order valence-corrected chi connectivity index (χ2v) is 2.31. The fourth-order valence-electron chi connectivity index (χ4n) is 0.618. The topological polar surface area (TPSA) is 89.9 Å². The number of nitrogens with zero attached hydrogens (tertiary/aromatic N) is 1. The van der Waals surface area contributed by atoms with Gasteiger partial charge in [-0.15, -0.1) is 0 Å². The average molecular weight is 176 g/mol. The van der Waals surface area contributed by atoms with Crippen LogP contribution in [0.2, 0.25) is 0 Å². The van der Waals surface area contributed by atoms with Crippen molar-refractivity contribution >= 4 is 11.8 Å². The lowest BCUT2D eigenvalue weighted by Crippen LogP contribution is -2.23. The minimum absolute atomic E-state index is 0.0656. The molecular weight excluding hydrogens is 164 g/mol. The summed E-state index contributed by atoms with van der Waals surface area (Å²) in [6, 6.07) is 0. The Balaban J connectivity index is 3.44. The Morgan fingerprint density at radius 3 is 2.42 bits per heavy atom. The number of hydroxylamine groups is 3. The Kier molecular flexibility index (Phi) is 4.98. The van der Waals surface area contributed by atoms with E-state index in [1.807, 2.05) is 0 Å². The van der Waals surface area contributed by atoms with E-state index in [-0.39, 0.29) is 12.8 Å². The van der Waals surface area contributed by atoms with Gasteiger partial charge in [-0.2, -0.15) is 0 Å². The van der Waals surface area contributed by atoms with Crippen LogP contribution >= 0.6 is 0 Å². The molecule has 2 amide bonds. The molecule has 6 nitrogen and oxygen atoms in total. The third kappa shape index (κ3) is 4.64. The summed E-state index contributed by atoms with van der Waals surface area (Å²) in [5.41, 5.74) is 1.44. The van der Waals surface area contributed by atoms with Crippen LogP contribution in [0.3, 0.4) is 0 Å². The summed E-state index contributed by atoms with van der Waals surface area (Å²) >= 11 is 0. The molecule has 12 heavy (non-hydrogen) atoms. The maximum atomic E-state index is 10.7. The van der Waals surface area contributed by atoms with Crippen LogP contribution in [0.5, 0.6) is 0 Å². The van der Waals surface area contributed by atoms with Crippen molar-refractivity contribution in [2.24, 2.45) is 0 Å². The van der Waals surface area contributed by atoms with Gasteiger partial charge in [-0.25, -0.2) is 10.5 Å². The lowest BCUT2D eigenvalue weighted by molar-refractivity contribution is -0.159. The zero-order valence-electron chi connectivity index (χ0n) is 6.78. The van der Waals surface area contributed by atoms with Gasteiger partial charge < -0.3 is 0 Å². The van der Waals surface area contributed by atoms with Crippen LogP contribution in [0.15, 0.2) is 0 Å². The largest absolute Gasteiger partial charge is 0.289 e. The van der Waals surface area contributed by atoms with Crippen molar-refractivity contribution < 1.29 is 20.0 Å². The van der Waals surface area contributed by atoms with E-state index in [1.54, 1.807) is 0 Å². The smallest absolute Gasteiger partial charge is 0.245 e. The third-order valence-corrected chi connectivity index (χ3v) is 1.28. The van der Waals surface area contributed by atoms with Gasteiger partial charge in [-0.1, -0.05) is 0 Å². The number of rotatable bonds is 4. The summed E-state index contributed by atoms with van der Waals surface area (Å²) in [5, 5.41) is 17.1. The zero-order chi connectivity index (χ0) is 9.56. The number of amides is 2. The summed E-state index contributed by atoms with van der Waals surface area (Å²) in [7, 11) is 1.22. The standard InChI is InChI=1S/C6H12N2O4/c1-8(12)6(10)4-2-3-5(9)7-11/h11-12H,2-4H2,1H3,(H,7,9).